The van der Waals surface area contributed by atoms with Crippen LogP contribution in [0.3, 0.4) is 0 Å². The van der Waals surface area contributed by atoms with Gasteiger partial charge in [0.25, 0.3) is 0 Å². The Hall–Kier alpha value is -4.45. The molecule has 0 spiro atoms. The summed E-state index contributed by atoms with van der Waals surface area (Å²) < 4.78 is 24.7. The molecule has 6 heteroatoms. The Kier molecular flexibility index (Phi) is 5.79. The molecule has 3 aromatic carbocycles. The summed E-state index contributed by atoms with van der Waals surface area (Å²) in [5.41, 5.74) is 6.22. The Morgan fingerprint density at radius 3 is 2.63 bits per heavy atom. The van der Waals surface area contributed by atoms with E-state index in [9.17, 15) is 9.18 Å². The Labute approximate surface area is 201 Å². The highest BCUT2D eigenvalue weighted by Gasteiger charge is 2.15. The number of carbonyl (C=O) groups excluding carboxylic acids is 1. The number of fused-ring (bicyclic) bond motifs is 2. The van der Waals surface area contributed by atoms with Gasteiger partial charge in [0, 0.05) is 39.7 Å². The van der Waals surface area contributed by atoms with Crippen molar-refractivity contribution in [2.75, 3.05) is 12.4 Å². The highest BCUT2D eigenvalue weighted by Crippen LogP contribution is 2.37. The number of aryl methyl sites for hydroxylation is 1. The molecule has 5 aromatic rings. The molecule has 2 heterocycles. The number of methoxy groups -OCH3 is 1. The van der Waals surface area contributed by atoms with Gasteiger partial charge in [0.1, 0.15) is 17.1 Å². The summed E-state index contributed by atoms with van der Waals surface area (Å²) in [5.74, 6) is 0.0263. The summed E-state index contributed by atoms with van der Waals surface area (Å²) in [6.45, 7) is 3.79. The molecule has 5 nitrogen and oxygen atoms in total. The van der Waals surface area contributed by atoms with Crippen LogP contribution in [0, 0.1) is 12.7 Å². The van der Waals surface area contributed by atoms with Gasteiger partial charge < -0.3 is 14.5 Å². The van der Waals surface area contributed by atoms with Crippen LogP contribution in [0.25, 0.3) is 38.6 Å². The highest BCUT2D eigenvalue weighted by molar-refractivity contribution is 6.09. The normalized spacial score (nSPS) is 11.7. The monoisotopic (exact) mass is 466 g/mol. The zero-order valence-electron chi connectivity index (χ0n) is 19.6. The fraction of sp³-hybridized carbons (Fsp3) is 0.103. The van der Waals surface area contributed by atoms with Gasteiger partial charge in [-0.1, -0.05) is 18.2 Å². The maximum absolute atomic E-state index is 13.4. The van der Waals surface area contributed by atoms with Gasteiger partial charge in [-0.15, -0.1) is 0 Å². The molecule has 1 N–H and O–H groups in total. The van der Waals surface area contributed by atoms with Gasteiger partial charge in [-0.25, -0.2) is 4.39 Å². The first-order valence-electron chi connectivity index (χ1n) is 11.1. The van der Waals surface area contributed by atoms with E-state index in [0.717, 1.165) is 44.2 Å². The van der Waals surface area contributed by atoms with Crippen molar-refractivity contribution in [1.29, 1.82) is 0 Å². The summed E-state index contributed by atoms with van der Waals surface area (Å²) in [5, 5.41) is 4.68. The summed E-state index contributed by atoms with van der Waals surface area (Å²) >= 11 is 0. The second-order valence-corrected chi connectivity index (χ2v) is 8.35. The van der Waals surface area contributed by atoms with Crippen molar-refractivity contribution >= 4 is 39.0 Å². The summed E-state index contributed by atoms with van der Waals surface area (Å²) in [7, 11) is 1.58. The molecule has 0 aliphatic heterocycles. The molecular formula is C29H23FN2O3. The van der Waals surface area contributed by atoms with Gasteiger partial charge in [0.05, 0.1) is 24.6 Å². The lowest BCUT2D eigenvalue weighted by Gasteiger charge is -2.11. The third-order valence-corrected chi connectivity index (χ3v) is 5.95. The largest absolute Gasteiger partial charge is 0.496 e. The number of nitrogens with one attached hydrogen (secondary N) is 1. The molecule has 0 bridgehead atoms. The number of amides is 1. The summed E-state index contributed by atoms with van der Waals surface area (Å²) in [6.07, 6.45) is 3.19. The number of rotatable bonds is 5. The van der Waals surface area contributed by atoms with Crippen LogP contribution in [0.15, 0.2) is 83.5 Å². The molecule has 35 heavy (non-hydrogen) atoms. The standard InChI is InChI=1S/C29H23FN2O3/c1-17(13-29(33)32-26-6-4-5-25-21(26)12-7-18(2)31-25)22-14-23-24(19-8-10-20(30)11-9-19)16-35-28(23)15-27(22)34-3/h4-16H,1-3H3,(H,32,33)/b17-13+. The Morgan fingerprint density at radius 1 is 1.06 bits per heavy atom. The molecule has 0 atom stereocenters. The molecule has 5 rings (SSSR count). The molecule has 0 radical (unpaired) electrons. The second kappa shape index (κ2) is 9.06. The van der Waals surface area contributed by atoms with E-state index in [4.69, 9.17) is 9.15 Å². The van der Waals surface area contributed by atoms with Crippen molar-refractivity contribution < 1.29 is 18.3 Å². The topological polar surface area (TPSA) is 64.4 Å². The Bertz CT molecular complexity index is 1600. The molecule has 0 saturated carbocycles. The van der Waals surface area contributed by atoms with Crippen LogP contribution in [-0.2, 0) is 4.79 Å². The van der Waals surface area contributed by atoms with Crippen molar-refractivity contribution in [3.05, 3.63) is 96.1 Å². The molecule has 0 aliphatic rings. The summed E-state index contributed by atoms with van der Waals surface area (Å²) in [6, 6.07) is 19.5. The number of allylic oxidation sites excluding steroid dienone is 1. The molecule has 2 aromatic heterocycles. The number of hydrogen-bond acceptors (Lipinski definition) is 4. The van der Waals surface area contributed by atoms with Crippen molar-refractivity contribution in [2.24, 2.45) is 0 Å². The second-order valence-electron chi connectivity index (χ2n) is 8.35. The molecule has 1 amide bonds. The lowest BCUT2D eigenvalue weighted by atomic mass is 9.99. The number of nitrogens with zero attached hydrogens (tertiary/aromatic N) is 1. The van der Waals surface area contributed by atoms with Crippen molar-refractivity contribution in [3.63, 3.8) is 0 Å². The van der Waals surface area contributed by atoms with Gasteiger partial charge in [0.15, 0.2) is 0 Å². The number of halogens is 1. The fourth-order valence-corrected chi connectivity index (χ4v) is 4.19. The van der Waals surface area contributed by atoms with E-state index in [1.807, 2.05) is 50.2 Å². The molecule has 0 fully saturated rings. The van der Waals surface area contributed by atoms with E-state index in [1.165, 1.54) is 12.1 Å². The average molecular weight is 467 g/mol. The van der Waals surface area contributed by atoms with Gasteiger partial charge in [-0.2, -0.15) is 0 Å². The van der Waals surface area contributed by atoms with E-state index >= 15 is 0 Å². The number of aromatic nitrogens is 1. The van der Waals surface area contributed by atoms with E-state index < -0.39 is 0 Å². The number of carbonyl (C=O) groups is 1. The molecule has 0 aliphatic carbocycles. The predicted molar refractivity (Wildman–Crippen MR) is 137 cm³/mol. The van der Waals surface area contributed by atoms with Crippen LogP contribution < -0.4 is 10.1 Å². The maximum atomic E-state index is 13.4. The van der Waals surface area contributed by atoms with Gasteiger partial charge in [-0.3, -0.25) is 9.78 Å². The number of benzene rings is 3. The first-order chi connectivity index (χ1) is 16.9. The van der Waals surface area contributed by atoms with Crippen LogP contribution in [0.5, 0.6) is 5.75 Å². The number of anilines is 1. The third kappa shape index (κ3) is 4.38. The average Bonchev–Trinajstić information content (AvgIpc) is 3.26. The predicted octanol–water partition coefficient (Wildman–Crippen LogP) is 7.15. The van der Waals surface area contributed by atoms with Gasteiger partial charge in [0.2, 0.25) is 5.91 Å². The van der Waals surface area contributed by atoms with Crippen LogP contribution in [-0.4, -0.2) is 18.0 Å². The minimum atomic E-state index is -0.300. The maximum Gasteiger partial charge on any atom is 0.248 e. The highest BCUT2D eigenvalue weighted by atomic mass is 19.1. The van der Waals surface area contributed by atoms with E-state index in [2.05, 4.69) is 10.3 Å². The fourth-order valence-electron chi connectivity index (χ4n) is 4.19. The van der Waals surface area contributed by atoms with Crippen LogP contribution >= 0.6 is 0 Å². The SMILES string of the molecule is COc1cc2occ(-c3ccc(F)cc3)c2cc1/C(C)=C/C(=O)Nc1cccc2nc(C)ccc12. The van der Waals surface area contributed by atoms with Crippen LogP contribution in [0.1, 0.15) is 18.2 Å². The van der Waals surface area contributed by atoms with E-state index in [1.54, 1.807) is 37.6 Å². The molecule has 0 unspecified atom stereocenters. The minimum Gasteiger partial charge on any atom is -0.496 e. The molecule has 174 valence electrons. The lowest BCUT2D eigenvalue weighted by molar-refractivity contribution is -0.111. The third-order valence-electron chi connectivity index (χ3n) is 5.95. The van der Waals surface area contributed by atoms with Crippen LogP contribution in [0.2, 0.25) is 0 Å². The first kappa shape index (κ1) is 22.3. The van der Waals surface area contributed by atoms with Crippen molar-refractivity contribution in [3.8, 4) is 16.9 Å². The molecular weight excluding hydrogens is 443 g/mol. The lowest BCUT2D eigenvalue weighted by Crippen LogP contribution is -2.09. The van der Waals surface area contributed by atoms with Crippen molar-refractivity contribution in [2.45, 2.75) is 13.8 Å². The van der Waals surface area contributed by atoms with Gasteiger partial charge >= 0.3 is 0 Å². The quantitative estimate of drug-likeness (QED) is 0.280. The van der Waals surface area contributed by atoms with Crippen molar-refractivity contribution in [1.82, 2.24) is 4.98 Å². The molecule has 0 saturated heterocycles. The Morgan fingerprint density at radius 2 is 1.86 bits per heavy atom. The number of pyridine rings is 1. The van der Waals surface area contributed by atoms with E-state index in [0.29, 0.717) is 17.0 Å². The smallest absolute Gasteiger partial charge is 0.248 e. The first-order valence-corrected chi connectivity index (χ1v) is 11.1. The number of hydrogen-bond donors (Lipinski definition) is 1. The zero-order chi connectivity index (χ0) is 24.5. The van der Waals surface area contributed by atoms with E-state index in [-0.39, 0.29) is 11.7 Å². The van der Waals surface area contributed by atoms with Gasteiger partial charge in [-0.05, 0) is 67.4 Å². The van der Waals surface area contributed by atoms with Crippen LogP contribution in [0.4, 0.5) is 10.1 Å². The summed E-state index contributed by atoms with van der Waals surface area (Å²) in [4.78, 5) is 17.5. The zero-order valence-corrected chi connectivity index (χ0v) is 19.6. The number of ether oxygens (including phenoxy) is 1. The Balaban J connectivity index is 1.50. The number of furan rings is 1. The minimum absolute atomic E-state index is 0.260.